The molecule has 0 aliphatic heterocycles. The van der Waals surface area contributed by atoms with E-state index in [1.54, 1.807) is 0 Å². The second kappa shape index (κ2) is 4.68. The Kier molecular flexibility index (Phi) is 2.88. The highest BCUT2D eigenvalue weighted by molar-refractivity contribution is 5.85. The minimum absolute atomic E-state index is 0.322. The third-order valence-corrected chi connectivity index (χ3v) is 5.12. The van der Waals surface area contributed by atoms with Crippen molar-refractivity contribution in [3.63, 3.8) is 0 Å². The van der Waals surface area contributed by atoms with Crippen LogP contribution < -0.4 is 0 Å². The molecule has 2 aromatic rings. The van der Waals surface area contributed by atoms with Crippen molar-refractivity contribution in [1.29, 1.82) is 0 Å². The van der Waals surface area contributed by atoms with Gasteiger partial charge in [-0.25, -0.2) is 0 Å². The van der Waals surface area contributed by atoms with Gasteiger partial charge in [0.25, 0.3) is 0 Å². The van der Waals surface area contributed by atoms with Crippen molar-refractivity contribution in [2.75, 3.05) is 0 Å². The molecule has 0 amide bonds. The molecule has 0 unspecified atom stereocenters. The standard InChI is InChI=1S/C19H18O3/c20-17-8-4-14-11-13(3-7-16(14)17)12-1-5-15(6-2-12)19(9-10-19)18(21)22/h1-3,5-7,11,17,20H,4,8-10H2,(H,21,22)/t17-/m0/s1. The number of hydrogen-bond acceptors (Lipinski definition) is 2. The quantitative estimate of drug-likeness (QED) is 0.911. The van der Waals surface area contributed by atoms with Crippen LogP contribution >= 0.6 is 0 Å². The Balaban J connectivity index is 1.66. The molecule has 0 aromatic heterocycles. The Morgan fingerprint density at radius 3 is 2.36 bits per heavy atom. The largest absolute Gasteiger partial charge is 0.481 e. The summed E-state index contributed by atoms with van der Waals surface area (Å²) in [7, 11) is 0. The maximum absolute atomic E-state index is 11.4. The van der Waals surface area contributed by atoms with Crippen molar-refractivity contribution in [3.05, 3.63) is 59.2 Å². The second-order valence-corrected chi connectivity index (χ2v) is 6.43. The van der Waals surface area contributed by atoms with Gasteiger partial charge in [-0.15, -0.1) is 0 Å². The molecule has 2 aliphatic rings. The molecule has 1 fully saturated rings. The number of carbonyl (C=O) groups is 1. The number of rotatable bonds is 3. The smallest absolute Gasteiger partial charge is 0.314 e. The molecule has 1 atom stereocenters. The summed E-state index contributed by atoms with van der Waals surface area (Å²) in [5, 5.41) is 19.2. The van der Waals surface area contributed by atoms with Gasteiger partial charge in [0.15, 0.2) is 0 Å². The second-order valence-electron chi connectivity index (χ2n) is 6.43. The van der Waals surface area contributed by atoms with Gasteiger partial charge < -0.3 is 10.2 Å². The predicted molar refractivity (Wildman–Crippen MR) is 83.7 cm³/mol. The highest BCUT2D eigenvalue weighted by Crippen LogP contribution is 2.48. The summed E-state index contributed by atoms with van der Waals surface area (Å²) >= 11 is 0. The average Bonchev–Trinajstić information content (AvgIpc) is 3.27. The van der Waals surface area contributed by atoms with Crippen LogP contribution in [0.2, 0.25) is 0 Å². The maximum Gasteiger partial charge on any atom is 0.314 e. The van der Waals surface area contributed by atoms with Crippen LogP contribution in [-0.4, -0.2) is 16.2 Å². The number of aryl methyl sites for hydroxylation is 1. The van der Waals surface area contributed by atoms with E-state index in [-0.39, 0.29) is 6.10 Å². The number of aliphatic carboxylic acids is 1. The fraction of sp³-hybridized carbons (Fsp3) is 0.316. The topological polar surface area (TPSA) is 57.5 Å². The molecular formula is C19H18O3. The Hall–Kier alpha value is -2.13. The fourth-order valence-electron chi connectivity index (χ4n) is 3.51. The van der Waals surface area contributed by atoms with Crippen LogP contribution in [0.3, 0.4) is 0 Å². The molecule has 3 heteroatoms. The molecule has 0 spiro atoms. The first kappa shape index (κ1) is 13.5. The minimum Gasteiger partial charge on any atom is -0.481 e. The van der Waals surface area contributed by atoms with Crippen molar-refractivity contribution in [1.82, 2.24) is 0 Å². The summed E-state index contributed by atoms with van der Waals surface area (Å²) in [5.41, 5.74) is 4.75. The number of carboxylic acid groups (broad SMARTS) is 1. The zero-order valence-electron chi connectivity index (χ0n) is 12.2. The Morgan fingerprint density at radius 2 is 1.73 bits per heavy atom. The van der Waals surface area contributed by atoms with E-state index < -0.39 is 11.4 Å². The lowest BCUT2D eigenvalue weighted by Gasteiger charge is -2.12. The fourth-order valence-corrected chi connectivity index (χ4v) is 3.51. The van der Waals surface area contributed by atoms with E-state index in [1.807, 2.05) is 36.4 Å². The molecule has 0 heterocycles. The van der Waals surface area contributed by atoms with Crippen LogP contribution in [-0.2, 0) is 16.6 Å². The van der Waals surface area contributed by atoms with E-state index in [4.69, 9.17) is 0 Å². The zero-order valence-corrected chi connectivity index (χ0v) is 12.2. The van der Waals surface area contributed by atoms with Crippen LogP contribution in [0.15, 0.2) is 42.5 Å². The molecular weight excluding hydrogens is 276 g/mol. The Morgan fingerprint density at radius 1 is 1.05 bits per heavy atom. The summed E-state index contributed by atoms with van der Waals surface area (Å²) in [6.07, 6.45) is 2.87. The maximum atomic E-state index is 11.4. The van der Waals surface area contributed by atoms with Crippen molar-refractivity contribution in [3.8, 4) is 11.1 Å². The Bertz CT molecular complexity index is 742. The van der Waals surface area contributed by atoms with Gasteiger partial charge in [-0.1, -0.05) is 42.5 Å². The van der Waals surface area contributed by atoms with Gasteiger partial charge in [0.2, 0.25) is 0 Å². The van der Waals surface area contributed by atoms with Crippen LogP contribution in [0.1, 0.15) is 42.1 Å². The number of aliphatic hydroxyl groups is 1. The number of hydrogen-bond donors (Lipinski definition) is 2. The van der Waals surface area contributed by atoms with E-state index in [1.165, 1.54) is 5.56 Å². The van der Waals surface area contributed by atoms with Gasteiger partial charge in [-0.05, 0) is 53.5 Å². The van der Waals surface area contributed by atoms with Crippen LogP contribution in [0.5, 0.6) is 0 Å². The lowest BCUT2D eigenvalue weighted by Crippen LogP contribution is -2.19. The molecule has 0 radical (unpaired) electrons. The third-order valence-electron chi connectivity index (χ3n) is 5.12. The van der Waals surface area contributed by atoms with Crippen LogP contribution in [0.25, 0.3) is 11.1 Å². The molecule has 0 bridgehead atoms. The lowest BCUT2D eigenvalue weighted by molar-refractivity contribution is -0.140. The first-order valence-corrected chi connectivity index (χ1v) is 7.75. The van der Waals surface area contributed by atoms with Gasteiger partial charge in [-0.3, -0.25) is 4.79 Å². The van der Waals surface area contributed by atoms with Crippen LogP contribution in [0, 0.1) is 0 Å². The van der Waals surface area contributed by atoms with E-state index in [0.29, 0.717) is 0 Å². The number of fused-ring (bicyclic) bond motifs is 1. The molecule has 2 aromatic carbocycles. The molecule has 1 saturated carbocycles. The van der Waals surface area contributed by atoms with Crippen molar-refractivity contribution < 1.29 is 15.0 Å². The van der Waals surface area contributed by atoms with Gasteiger partial charge in [-0.2, -0.15) is 0 Å². The van der Waals surface area contributed by atoms with Crippen molar-refractivity contribution in [2.45, 2.75) is 37.2 Å². The predicted octanol–water partition coefficient (Wildman–Crippen LogP) is 3.45. The van der Waals surface area contributed by atoms with Gasteiger partial charge in [0.1, 0.15) is 0 Å². The summed E-state index contributed by atoms with van der Waals surface area (Å²) in [5.74, 6) is -0.716. The highest BCUT2D eigenvalue weighted by atomic mass is 16.4. The summed E-state index contributed by atoms with van der Waals surface area (Å²) in [4.78, 5) is 11.4. The van der Waals surface area contributed by atoms with Crippen molar-refractivity contribution >= 4 is 5.97 Å². The molecule has 22 heavy (non-hydrogen) atoms. The molecule has 4 rings (SSSR count). The first-order valence-electron chi connectivity index (χ1n) is 7.75. The number of benzene rings is 2. The van der Waals surface area contributed by atoms with Crippen molar-refractivity contribution in [2.24, 2.45) is 0 Å². The zero-order chi connectivity index (χ0) is 15.3. The SMILES string of the molecule is O=C(O)C1(c2ccc(-c3ccc4c(c3)CC[C@@H]4O)cc2)CC1. The first-order chi connectivity index (χ1) is 10.6. The van der Waals surface area contributed by atoms with E-state index in [9.17, 15) is 15.0 Å². The van der Waals surface area contributed by atoms with E-state index in [2.05, 4.69) is 6.07 Å². The third kappa shape index (κ3) is 1.97. The number of aliphatic hydroxyl groups excluding tert-OH is 1. The molecule has 2 N–H and O–H groups in total. The molecule has 0 saturated heterocycles. The highest BCUT2D eigenvalue weighted by Gasteiger charge is 2.51. The Labute approximate surface area is 129 Å². The van der Waals surface area contributed by atoms with Crippen LogP contribution in [0.4, 0.5) is 0 Å². The summed E-state index contributed by atoms with van der Waals surface area (Å²) in [6.45, 7) is 0. The average molecular weight is 294 g/mol. The lowest BCUT2D eigenvalue weighted by atomic mass is 9.93. The summed E-state index contributed by atoms with van der Waals surface area (Å²) < 4.78 is 0. The molecule has 3 nitrogen and oxygen atoms in total. The molecule has 2 aliphatic carbocycles. The number of carboxylic acids is 1. The normalized spacial score (nSPS) is 21.4. The van der Waals surface area contributed by atoms with E-state index >= 15 is 0 Å². The minimum atomic E-state index is -0.716. The monoisotopic (exact) mass is 294 g/mol. The van der Waals surface area contributed by atoms with Gasteiger partial charge in [0, 0.05) is 0 Å². The van der Waals surface area contributed by atoms with Gasteiger partial charge >= 0.3 is 5.97 Å². The van der Waals surface area contributed by atoms with E-state index in [0.717, 1.165) is 47.9 Å². The van der Waals surface area contributed by atoms with Gasteiger partial charge in [0.05, 0.1) is 11.5 Å². The molecule has 112 valence electrons. The summed E-state index contributed by atoms with van der Waals surface area (Å²) in [6, 6.07) is 14.1.